The lowest BCUT2D eigenvalue weighted by molar-refractivity contribution is -0.152. The Morgan fingerprint density at radius 2 is 2.03 bits per heavy atom. The van der Waals surface area contributed by atoms with Crippen LogP contribution in [0.5, 0.6) is 0 Å². The van der Waals surface area contributed by atoms with Crippen LogP contribution in [-0.2, 0) is 30.6 Å². The van der Waals surface area contributed by atoms with E-state index in [1.807, 2.05) is 6.92 Å². The Morgan fingerprint density at radius 3 is 2.69 bits per heavy atom. The van der Waals surface area contributed by atoms with Gasteiger partial charge in [-0.3, -0.25) is 9.59 Å². The average Bonchev–Trinajstić information content (AvgIpc) is 3.38. The molecule has 174 valence electrons. The summed E-state index contributed by atoms with van der Waals surface area (Å²) in [5.74, 6) is -0.867. The maximum absolute atomic E-state index is 13.0. The van der Waals surface area contributed by atoms with Crippen molar-refractivity contribution in [1.82, 2.24) is 15.0 Å². The Kier molecular flexibility index (Phi) is 7.94. The number of nitrogens with zero attached hydrogens (tertiary/aromatic N) is 3. The molecule has 0 saturated carbocycles. The third-order valence-electron chi connectivity index (χ3n) is 5.19. The van der Waals surface area contributed by atoms with E-state index in [0.29, 0.717) is 18.5 Å². The van der Waals surface area contributed by atoms with Crippen LogP contribution in [0.2, 0.25) is 0 Å². The molecule has 1 aliphatic heterocycles. The van der Waals surface area contributed by atoms with Crippen LogP contribution in [0.4, 0.5) is 4.39 Å². The molecular weight excluding hydrogens is 441 g/mol. The summed E-state index contributed by atoms with van der Waals surface area (Å²) in [5, 5.41) is 3.81. The van der Waals surface area contributed by atoms with E-state index in [1.165, 1.54) is 29.2 Å². The fourth-order valence-corrected chi connectivity index (χ4v) is 5.17. The molecule has 0 aliphatic carbocycles. The van der Waals surface area contributed by atoms with Gasteiger partial charge in [-0.1, -0.05) is 18.5 Å². The van der Waals surface area contributed by atoms with E-state index in [9.17, 15) is 22.4 Å². The van der Waals surface area contributed by atoms with Crippen molar-refractivity contribution in [2.24, 2.45) is 0 Å². The first-order valence-electron chi connectivity index (χ1n) is 10.5. The lowest BCUT2D eigenvalue weighted by Gasteiger charge is -2.28. The van der Waals surface area contributed by atoms with Gasteiger partial charge in [-0.15, -0.1) is 0 Å². The van der Waals surface area contributed by atoms with Crippen LogP contribution in [0.25, 0.3) is 11.4 Å². The predicted octanol–water partition coefficient (Wildman–Crippen LogP) is 2.17. The van der Waals surface area contributed by atoms with Gasteiger partial charge in [0.05, 0.1) is 17.9 Å². The van der Waals surface area contributed by atoms with E-state index >= 15 is 0 Å². The summed E-state index contributed by atoms with van der Waals surface area (Å²) in [5.41, 5.74) is 0.579. The minimum atomic E-state index is -3.13. The molecule has 32 heavy (non-hydrogen) atoms. The normalized spacial score (nSPS) is 17.2. The number of ether oxygens (including phenoxy) is 1. The first-order chi connectivity index (χ1) is 15.3. The lowest BCUT2D eigenvalue weighted by Crippen LogP contribution is -2.43. The molecular formula is C21H26FN3O6S. The second-order valence-electron chi connectivity index (χ2n) is 7.68. The molecule has 0 bridgehead atoms. The van der Waals surface area contributed by atoms with Gasteiger partial charge in [0.1, 0.15) is 5.82 Å². The van der Waals surface area contributed by atoms with Crippen LogP contribution in [0.1, 0.15) is 38.5 Å². The third kappa shape index (κ3) is 6.59. The number of aromatic nitrogens is 2. The lowest BCUT2D eigenvalue weighted by atomic mass is 10.2. The van der Waals surface area contributed by atoms with Gasteiger partial charge in [0.25, 0.3) is 5.91 Å². The van der Waals surface area contributed by atoms with Crippen molar-refractivity contribution in [2.45, 2.75) is 45.1 Å². The van der Waals surface area contributed by atoms with Crippen LogP contribution in [-0.4, -0.2) is 66.0 Å². The van der Waals surface area contributed by atoms with Crippen LogP contribution >= 0.6 is 0 Å². The summed E-state index contributed by atoms with van der Waals surface area (Å²) in [6.07, 6.45) is 2.06. The fourth-order valence-electron chi connectivity index (χ4n) is 3.44. The maximum atomic E-state index is 13.0. The minimum absolute atomic E-state index is 0.0516. The van der Waals surface area contributed by atoms with Gasteiger partial charge in [-0.05, 0) is 37.1 Å². The van der Waals surface area contributed by atoms with Crippen LogP contribution < -0.4 is 0 Å². The zero-order valence-electron chi connectivity index (χ0n) is 17.8. The molecule has 1 aliphatic rings. The Balaban J connectivity index is 1.48. The molecule has 2 heterocycles. The monoisotopic (exact) mass is 467 g/mol. The number of carbonyl (C=O) groups excluding carboxylic acids is 2. The van der Waals surface area contributed by atoms with Gasteiger partial charge in [-0.25, -0.2) is 12.8 Å². The molecule has 1 fully saturated rings. The largest absolute Gasteiger partial charge is 0.456 e. The van der Waals surface area contributed by atoms with Gasteiger partial charge in [0.15, 0.2) is 16.4 Å². The highest BCUT2D eigenvalue weighted by Crippen LogP contribution is 2.19. The molecule has 9 nitrogen and oxygen atoms in total. The number of unbranched alkanes of at least 4 members (excludes halogenated alkanes) is 1. The van der Waals surface area contributed by atoms with E-state index in [-0.39, 0.29) is 47.9 Å². The topological polar surface area (TPSA) is 120 Å². The standard InChI is InChI=1S/C21H26FN3O6S/c1-2-3-11-25(17-10-12-32(28,29)14-17)19(26)13-30-20(27)9-8-18-23-21(24-31-18)15-4-6-16(22)7-5-15/h4-7,17H,2-3,8-14H2,1H3. The van der Waals surface area contributed by atoms with Gasteiger partial charge in [0, 0.05) is 24.6 Å². The summed E-state index contributed by atoms with van der Waals surface area (Å²) in [4.78, 5) is 30.4. The second kappa shape index (κ2) is 10.7. The zero-order valence-corrected chi connectivity index (χ0v) is 18.6. The van der Waals surface area contributed by atoms with Crippen molar-refractivity contribution < 1.29 is 31.7 Å². The Hall–Kier alpha value is -2.82. The molecule has 1 amide bonds. The Morgan fingerprint density at radius 1 is 1.28 bits per heavy atom. The molecule has 1 unspecified atom stereocenters. The smallest absolute Gasteiger partial charge is 0.306 e. The van der Waals surface area contributed by atoms with E-state index in [1.54, 1.807) is 0 Å². The molecule has 0 spiro atoms. The molecule has 1 aromatic carbocycles. The fraction of sp³-hybridized carbons (Fsp3) is 0.524. The number of aryl methyl sites for hydroxylation is 1. The SMILES string of the molecule is CCCCN(C(=O)COC(=O)CCc1nc(-c2ccc(F)cc2)no1)C1CCS(=O)(=O)C1. The van der Waals surface area contributed by atoms with E-state index in [0.717, 1.165) is 12.8 Å². The number of hydrogen-bond acceptors (Lipinski definition) is 8. The van der Waals surface area contributed by atoms with Gasteiger partial charge in [-0.2, -0.15) is 4.98 Å². The van der Waals surface area contributed by atoms with Crippen LogP contribution in [0.15, 0.2) is 28.8 Å². The molecule has 11 heteroatoms. The van der Waals surface area contributed by atoms with Crippen LogP contribution in [0, 0.1) is 5.82 Å². The first kappa shape index (κ1) is 23.8. The molecule has 3 rings (SSSR count). The molecule has 0 N–H and O–H groups in total. The molecule has 1 saturated heterocycles. The van der Waals surface area contributed by atoms with Crippen molar-refractivity contribution in [1.29, 1.82) is 0 Å². The molecule has 1 atom stereocenters. The number of amides is 1. The summed E-state index contributed by atoms with van der Waals surface area (Å²) in [7, 11) is -3.13. The van der Waals surface area contributed by atoms with Gasteiger partial charge < -0.3 is 14.2 Å². The minimum Gasteiger partial charge on any atom is -0.456 e. The van der Waals surface area contributed by atoms with E-state index < -0.39 is 28.3 Å². The Bertz CT molecular complexity index is 1040. The highest BCUT2D eigenvalue weighted by Gasteiger charge is 2.34. The van der Waals surface area contributed by atoms with E-state index in [2.05, 4.69) is 10.1 Å². The summed E-state index contributed by atoms with van der Waals surface area (Å²) < 4.78 is 46.8. The number of sulfone groups is 1. The number of benzene rings is 1. The number of esters is 1. The highest BCUT2D eigenvalue weighted by atomic mass is 32.2. The highest BCUT2D eigenvalue weighted by molar-refractivity contribution is 7.91. The van der Waals surface area contributed by atoms with Crippen molar-refractivity contribution in [3.05, 3.63) is 36.0 Å². The van der Waals surface area contributed by atoms with Crippen molar-refractivity contribution in [2.75, 3.05) is 24.7 Å². The molecule has 0 radical (unpaired) electrons. The first-order valence-corrected chi connectivity index (χ1v) is 12.3. The van der Waals surface area contributed by atoms with Gasteiger partial charge >= 0.3 is 5.97 Å². The van der Waals surface area contributed by atoms with E-state index in [4.69, 9.17) is 9.26 Å². The maximum Gasteiger partial charge on any atom is 0.306 e. The Labute approximate surface area is 185 Å². The van der Waals surface area contributed by atoms with Crippen LogP contribution in [0.3, 0.4) is 0 Å². The number of hydrogen-bond donors (Lipinski definition) is 0. The zero-order chi connectivity index (χ0) is 23.1. The predicted molar refractivity (Wildman–Crippen MR) is 113 cm³/mol. The number of rotatable bonds is 10. The summed E-state index contributed by atoms with van der Waals surface area (Å²) in [6, 6.07) is 5.23. The quantitative estimate of drug-likeness (QED) is 0.488. The van der Waals surface area contributed by atoms with Crippen molar-refractivity contribution >= 4 is 21.7 Å². The van der Waals surface area contributed by atoms with Gasteiger partial charge in [0.2, 0.25) is 11.7 Å². The average molecular weight is 468 g/mol. The molecule has 1 aromatic heterocycles. The second-order valence-corrected chi connectivity index (χ2v) is 9.91. The van der Waals surface area contributed by atoms with Crippen molar-refractivity contribution in [3.8, 4) is 11.4 Å². The molecule has 2 aromatic rings. The summed E-state index contributed by atoms with van der Waals surface area (Å²) >= 11 is 0. The van der Waals surface area contributed by atoms with Crippen molar-refractivity contribution in [3.63, 3.8) is 0 Å². The number of carbonyl (C=O) groups is 2. The number of halogens is 1. The third-order valence-corrected chi connectivity index (χ3v) is 6.94. The summed E-state index contributed by atoms with van der Waals surface area (Å²) in [6.45, 7) is 1.97.